The minimum atomic E-state index is -0.414. The van der Waals surface area contributed by atoms with Crippen LogP contribution >= 0.6 is 11.3 Å². The monoisotopic (exact) mass is 287 g/mol. The second-order valence-corrected chi connectivity index (χ2v) is 4.57. The number of ether oxygens (including phenoxy) is 2. The van der Waals surface area contributed by atoms with Crippen molar-refractivity contribution in [1.29, 1.82) is 0 Å². The number of nitrogens with zero attached hydrogens (tertiary/aromatic N) is 1. The molecule has 0 saturated heterocycles. The van der Waals surface area contributed by atoms with E-state index in [4.69, 9.17) is 4.74 Å². The molecule has 1 aromatic heterocycles. The third-order valence-corrected chi connectivity index (χ3v) is 3.08. The Hall–Kier alpha value is -1.67. The van der Waals surface area contributed by atoms with Gasteiger partial charge in [-0.25, -0.2) is 9.78 Å². The Labute approximate surface area is 115 Å². The number of aromatic nitrogens is 1. The number of carbonyl (C=O) groups excluding carboxylic acids is 2. The minimum absolute atomic E-state index is 0.0608. The first kappa shape index (κ1) is 15.4. The van der Waals surface area contributed by atoms with E-state index in [0.29, 0.717) is 36.1 Å². The number of hydrogen-bond acceptors (Lipinski definition) is 7. The lowest BCUT2D eigenvalue weighted by Crippen LogP contribution is -2.28. The van der Waals surface area contributed by atoms with E-state index >= 15 is 0 Å². The lowest BCUT2D eigenvalue weighted by atomic mass is 10.4. The Morgan fingerprint density at radius 3 is 2.84 bits per heavy atom. The first-order chi connectivity index (χ1) is 9.17. The van der Waals surface area contributed by atoms with Gasteiger partial charge < -0.3 is 20.1 Å². The molecular weight excluding hydrogens is 270 g/mol. The molecular formula is C11H17N3O4S. The molecule has 19 heavy (non-hydrogen) atoms. The van der Waals surface area contributed by atoms with Gasteiger partial charge in [0.2, 0.25) is 5.91 Å². The summed E-state index contributed by atoms with van der Waals surface area (Å²) in [5, 5.41) is 6.27. The molecule has 0 aromatic carbocycles. The highest BCUT2D eigenvalue weighted by Crippen LogP contribution is 2.18. The summed E-state index contributed by atoms with van der Waals surface area (Å²) in [5.74, 6) is -0.475. The summed E-state index contributed by atoms with van der Waals surface area (Å²) in [7, 11) is 2.90. The van der Waals surface area contributed by atoms with E-state index in [1.165, 1.54) is 24.6 Å². The van der Waals surface area contributed by atoms with Crippen molar-refractivity contribution in [2.75, 3.05) is 39.2 Å². The Kier molecular flexibility index (Phi) is 6.83. The van der Waals surface area contributed by atoms with Crippen molar-refractivity contribution >= 4 is 28.3 Å². The number of carbonyl (C=O) groups is 2. The maximum Gasteiger partial charge on any atom is 0.349 e. The van der Waals surface area contributed by atoms with Crippen molar-refractivity contribution in [3.8, 4) is 0 Å². The van der Waals surface area contributed by atoms with Crippen molar-refractivity contribution in [1.82, 2.24) is 10.3 Å². The van der Waals surface area contributed by atoms with Crippen LogP contribution in [0.15, 0.2) is 6.20 Å². The second-order valence-electron chi connectivity index (χ2n) is 3.54. The predicted octanol–water partition coefficient (Wildman–Crippen LogP) is 0.494. The molecule has 0 aliphatic carbocycles. The molecule has 0 radical (unpaired) electrons. The highest BCUT2D eigenvalue weighted by molar-refractivity contribution is 7.17. The van der Waals surface area contributed by atoms with Gasteiger partial charge >= 0.3 is 5.97 Å². The van der Waals surface area contributed by atoms with Gasteiger partial charge in [0.05, 0.1) is 19.9 Å². The summed E-state index contributed by atoms with van der Waals surface area (Å²) < 4.78 is 9.39. The van der Waals surface area contributed by atoms with E-state index in [1.807, 2.05) is 0 Å². The SMILES string of the molecule is COCCNC(=O)CCNc1ncc(C(=O)OC)s1. The lowest BCUT2D eigenvalue weighted by Gasteiger charge is -2.04. The van der Waals surface area contributed by atoms with Gasteiger partial charge in [0.25, 0.3) is 0 Å². The van der Waals surface area contributed by atoms with Gasteiger partial charge in [-0.3, -0.25) is 4.79 Å². The van der Waals surface area contributed by atoms with Crippen LogP contribution in [0, 0.1) is 0 Å². The largest absolute Gasteiger partial charge is 0.465 e. The van der Waals surface area contributed by atoms with Crippen LogP contribution in [-0.4, -0.2) is 50.8 Å². The average molecular weight is 287 g/mol. The number of amides is 1. The number of methoxy groups -OCH3 is 2. The third kappa shape index (κ3) is 5.66. The lowest BCUT2D eigenvalue weighted by molar-refractivity contribution is -0.121. The molecule has 0 bridgehead atoms. The van der Waals surface area contributed by atoms with Crippen LogP contribution < -0.4 is 10.6 Å². The van der Waals surface area contributed by atoms with Crippen LogP contribution in [0.5, 0.6) is 0 Å². The fraction of sp³-hybridized carbons (Fsp3) is 0.545. The summed E-state index contributed by atoms with van der Waals surface area (Å²) >= 11 is 1.19. The Bertz CT molecular complexity index is 422. The number of anilines is 1. The quantitative estimate of drug-likeness (QED) is 0.534. The average Bonchev–Trinajstić information content (AvgIpc) is 2.87. The van der Waals surface area contributed by atoms with E-state index < -0.39 is 5.97 Å². The van der Waals surface area contributed by atoms with Gasteiger partial charge in [-0.1, -0.05) is 11.3 Å². The molecule has 0 saturated carbocycles. The predicted molar refractivity (Wildman–Crippen MR) is 71.4 cm³/mol. The highest BCUT2D eigenvalue weighted by atomic mass is 32.1. The van der Waals surface area contributed by atoms with Crippen LogP contribution in [0.4, 0.5) is 5.13 Å². The summed E-state index contributed by atoms with van der Waals surface area (Å²) in [6, 6.07) is 0. The number of esters is 1. The first-order valence-electron chi connectivity index (χ1n) is 5.71. The minimum Gasteiger partial charge on any atom is -0.465 e. The van der Waals surface area contributed by atoms with E-state index in [2.05, 4.69) is 20.4 Å². The van der Waals surface area contributed by atoms with Gasteiger partial charge in [0.15, 0.2) is 5.13 Å². The number of rotatable bonds is 8. The van der Waals surface area contributed by atoms with E-state index in [9.17, 15) is 9.59 Å². The van der Waals surface area contributed by atoms with Gasteiger partial charge in [0.1, 0.15) is 4.88 Å². The molecule has 1 heterocycles. The molecule has 7 nitrogen and oxygen atoms in total. The van der Waals surface area contributed by atoms with Crippen LogP contribution in [0.25, 0.3) is 0 Å². The molecule has 1 amide bonds. The molecule has 1 rings (SSSR count). The van der Waals surface area contributed by atoms with Crippen molar-refractivity contribution < 1.29 is 19.1 Å². The Morgan fingerprint density at radius 1 is 1.37 bits per heavy atom. The summed E-state index contributed by atoms with van der Waals surface area (Å²) in [6.45, 7) is 1.44. The molecule has 0 aliphatic heterocycles. The van der Waals surface area contributed by atoms with E-state index in [-0.39, 0.29) is 5.91 Å². The van der Waals surface area contributed by atoms with Crippen LogP contribution in [-0.2, 0) is 14.3 Å². The van der Waals surface area contributed by atoms with Gasteiger partial charge in [0, 0.05) is 26.6 Å². The van der Waals surface area contributed by atoms with Crippen LogP contribution in [0.1, 0.15) is 16.1 Å². The molecule has 0 unspecified atom stereocenters. The zero-order valence-electron chi connectivity index (χ0n) is 10.9. The fourth-order valence-electron chi connectivity index (χ4n) is 1.21. The standard InChI is InChI=1S/C11H17N3O4S/c1-17-6-5-12-9(15)3-4-13-11-14-7-8(19-11)10(16)18-2/h7H,3-6H2,1-2H3,(H,12,15)(H,13,14). The van der Waals surface area contributed by atoms with Gasteiger partial charge in [-0.15, -0.1) is 0 Å². The van der Waals surface area contributed by atoms with Crippen molar-refractivity contribution in [3.05, 3.63) is 11.1 Å². The molecule has 106 valence electrons. The van der Waals surface area contributed by atoms with Crippen LogP contribution in [0.3, 0.4) is 0 Å². The molecule has 0 fully saturated rings. The maximum absolute atomic E-state index is 11.4. The number of nitrogens with one attached hydrogen (secondary N) is 2. The van der Waals surface area contributed by atoms with Crippen molar-refractivity contribution in [2.24, 2.45) is 0 Å². The number of thiazole rings is 1. The maximum atomic E-state index is 11.4. The third-order valence-electron chi connectivity index (χ3n) is 2.15. The van der Waals surface area contributed by atoms with E-state index in [1.54, 1.807) is 7.11 Å². The normalized spacial score (nSPS) is 10.0. The molecule has 0 atom stereocenters. The van der Waals surface area contributed by atoms with Gasteiger partial charge in [-0.05, 0) is 0 Å². The first-order valence-corrected chi connectivity index (χ1v) is 6.52. The number of hydrogen-bond donors (Lipinski definition) is 2. The summed E-state index contributed by atoms with van der Waals surface area (Å²) in [6.07, 6.45) is 1.77. The zero-order valence-corrected chi connectivity index (χ0v) is 11.7. The summed E-state index contributed by atoms with van der Waals surface area (Å²) in [5.41, 5.74) is 0. The molecule has 1 aromatic rings. The highest BCUT2D eigenvalue weighted by Gasteiger charge is 2.10. The van der Waals surface area contributed by atoms with Crippen LogP contribution in [0.2, 0.25) is 0 Å². The molecule has 0 spiro atoms. The van der Waals surface area contributed by atoms with Gasteiger partial charge in [-0.2, -0.15) is 0 Å². The molecule has 2 N–H and O–H groups in total. The second kappa shape index (κ2) is 8.44. The molecule has 8 heteroatoms. The topological polar surface area (TPSA) is 89.5 Å². The Morgan fingerprint density at radius 2 is 2.16 bits per heavy atom. The Balaban J connectivity index is 2.23. The molecule has 0 aliphatic rings. The van der Waals surface area contributed by atoms with Crippen molar-refractivity contribution in [3.63, 3.8) is 0 Å². The van der Waals surface area contributed by atoms with E-state index in [0.717, 1.165) is 0 Å². The fourth-order valence-corrected chi connectivity index (χ4v) is 1.97. The summed E-state index contributed by atoms with van der Waals surface area (Å²) in [4.78, 5) is 27.0. The smallest absolute Gasteiger partial charge is 0.349 e. The van der Waals surface area contributed by atoms with Crippen molar-refractivity contribution in [2.45, 2.75) is 6.42 Å². The zero-order chi connectivity index (χ0) is 14.1.